The minimum absolute atomic E-state index is 0.107. The second-order valence-corrected chi connectivity index (χ2v) is 3.91. The molecule has 0 saturated carbocycles. The van der Waals surface area contributed by atoms with E-state index >= 15 is 0 Å². The van der Waals surface area contributed by atoms with E-state index in [1.165, 1.54) is 10.7 Å². The van der Waals surface area contributed by atoms with E-state index in [9.17, 15) is 9.59 Å². The maximum absolute atomic E-state index is 11.4. The van der Waals surface area contributed by atoms with Gasteiger partial charge in [0.15, 0.2) is 0 Å². The first-order valence-corrected chi connectivity index (χ1v) is 5.71. The van der Waals surface area contributed by atoms with Gasteiger partial charge in [0.05, 0.1) is 0 Å². The zero-order valence-electron chi connectivity index (χ0n) is 9.85. The molecule has 0 N–H and O–H groups in total. The molecule has 1 atom stereocenters. The molecule has 16 heavy (non-hydrogen) atoms. The fraction of sp³-hybridized carbons (Fsp3) is 0.583. The zero-order valence-corrected chi connectivity index (χ0v) is 9.85. The minimum atomic E-state index is -0.107. The Hall–Kier alpha value is -1.45. The molecule has 0 saturated heterocycles. The summed E-state index contributed by atoms with van der Waals surface area (Å²) < 4.78 is 1.43. The van der Waals surface area contributed by atoms with Gasteiger partial charge in [-0.15, -0.1) is 0 Å². The summed E-state index contributed by atoms with van der Waals surface area (Å²) in [6.07, 6.45) is 3.58. The molecule has 0 aliphatic carbocycles. The number of carbonyl (C=O) groups excluding carboxylic acids is 1. The highest BCUT2D eigenvalue weighted by atomic mass is 16.1. The average molecular weight is 222 g/mol. The highest BCUT2D eigenvalue weighted by Gasteiger charge is 2.12. The number of hydrogen-bond acceptors (Lipinski definition) is 3. The van der Waals surface area contributed by atoms with E-state index in [2.05, 4.69) is 5.10 Å². The highest BCUT2D eigenvalue weighted by molar-refractivity contribution is 5.78. The summed E-state index contributed by atoms with van der Waals surface area (Å²) >= 11 is 0. The smallest absolute Gasteiger partial charge is 0.266 e. The lowest BCUT2D eigenvalue weighted by atomic mass is 9.98. The second kappa shape index (κ2) is 6.20. The topological polar surface area (TPSA) is 52.0 Å². The predicted molar refractivity (Wildman–Crippen MR) is 62.2 cm³/mol. The van der Waals surface area contributed by atoms with Gasteiger partial charge in [0.25, 0.3) is 5.56 Å². The summed E-state index contributed by atoms with van der Waals surface area (Å²) in [5.41, 5.74) is -0.107. The largest absolute Gasteiger partial charge is 0.300 e. The second-order valence-electron chi connectivity index (χ2n) is 3.91. The third-order valence-electron chi connectivity index (χ3n) is 2.70. The van der Waals surface area contributed by atoms with Crippen molar-refractivity contribution in [1.29, 1.82) is 0 Å². The Kier molecular flexibility index (Phi) is 4.89. The van der Waals surface area contributed by atoms with E-state index in [0.717, 1.165) is 6.42 Å². The summed E-state index contributed by atoms with van der Waals surface area (Å²) in [4.78, 5) is 22.8. The van der Waals surface area contributed by atoms with Crippen LogP contribution in [0.4, 0.5) is 0 Å². The van der Waals surface area contributed by atoms with Gasteiger partial charge in [-0.1, -0.05) is 20.3 Å². The van der Waals surface area contributed by atoms with Crippen molar-refractivity contribution in [3.8, 4) is 0 Å². The van der Waals surface area contributed by atoms with Crippen LogP contribution in [0.2, 0.25) is 0 Å². The maximum Gasteiger partial charge on any atom is 0.266 e. The normalized spacial score (nSPS) is 12.4. The number of hydrogen-bond donors (Lipinski definition) is 0. The SMILES string of the molecule is CCC(=O)CC(CC)Cn1ncccc1=O. The molecule has 0 amide bonds. The minimum Gasteiger partial charge on any atom is -0.300 e. The van der Waals surface area contributed by atoms with Crippen molar-refractivity contribution in [2.75, 3.05) is 0 Å². The lowest BCUT2D eigenvalue weighted by molar-refractivity contribution is -0.119. The van der Waals surface area contributed by atoms with Crippen LogP contribution in [-0.4, -0.2) is 15.6 Å². The van der Waals surface area contributed by atoms with Gasteiger partial charge in [0.1, 0.15) is 5.78 Å². The molecule has 0 aliphatic rings. The van der Waals surface area contributed by atoms with Crippen LogP contribution in [0.5, 0.6) is 0 Å². The first kappa shape index (κ1) is 12.6. The van der Waals surface area contributed by atoms with Crippen LogP contribution in [-0.2, 0) is 11.3 Å². The average Bonchev–Trinajstić information content (AvgIpc) is 2.30. The van der Waals surface area contributed by atoms with Crippen LogP contribution >= 0.6 is 0 Å². The van der Waals surface area contributed by atoms with Gasteiger partial charge in [-0.3, -0.25) is 9.59 Å². The number of rotatable bonds is 6. The van der Waals surface area contributed by atoms with E-state index in [1.807, 2.05) is 13.8 Å². The van der Waals surface area contributed by atoms with Crippen LogP contribution < -0.4 is 5.56 Å². The molecule has 4 nitrogen and oxygen atoms in total. The zero-order chi connectivity index (χ0) is 12.0. The van der Waals surface area contributed by atoms with Crippen molar-refractivity contribution in [1.82, 2.24) is 9.78 Å². The van der Waals surface area contributed by atoms with Crippen LogP contribution in [0, 0.1) is 5.92 Å². The van der Waals surface area contributed by atoms with Crippen molar-refractivity contribution in [2.24, 2.45) is 5.92 Å². The third-order valence-corrected chi connectivity index (χ3v) is 2.70. The molecule has 0 radical (unpaired) electrons. The molecular weight excluding hydrogens is 204 g/mol. The van der Waals surface area contributed by atoms with Crippen molar-refractivity contribution in [3.05, 3.63) is 28.7 Å². The predicted octanol–water partition coefficient (Wildman–Crippen LogP) is 1.64. The van der Waals surface area contributed by atoms with E-state index in [1.54, 1.807) is 12.3 Å². The first-order valence-electron chi connectivity index (χ1n) is 5.71. The van der Waals surface area contributed by atoms with Gasteiger partial charge in [-0.2, -0.15) is 5.10 Å². The molecule has 1 unspecified atom stereocenters. The molecule has 0 bridgehead atoms. The molecule has 1 heterocycles. The van der Waals surface area contributed by atoms with Crippen LogP contribution in [0.15, 0.2) is 23.1 Å². The maximum atomic E-state index is 11.4. The van der Waals surface area contributed by atoms with Gasteiger partial charge >= 0.3 is 0 Å². The highest BCUT2D eigenvalue weighted by Crippen LogP contribution is 2.11. The van der Waals surface area contributed by atoms with E-state index in [4.69, 9.17) is 0 Å². The van der Waals surface area contributed by atoms with Gasteiger partial charge in [-0.05, 0) is 12.0 Å². The number of aromatic nitrogens is 2. The van der Waals surface area contributed by atoms with E-state index in [0.29, 0.717) is 19.4 Å². The van der Waals surface area contributed by atoms with Crippen LogP contribution in [0.25, 0.3) is 0 Å². The van der Waals surface area contributed by atoms with E-state index < -0.39 is 0 Å². The fourth-order valence-corrected chi connectivity index (χ4v) is 1.57. The van der Waals surface area contributed by atoms with Crippen LogP contribution in [0.1, 0.15) is 33.1 Å². The fourth-order valence-electron chi connectivity index (χ4n) is 1.57. The molecular formula is C12H18N2O2. The summed E-state index contributed by atoms with van der Waals surface area (Å²) in [6, 6.07) is 3.11. The summed E-state index contributed by atoms with van der Waals surface area (Å²) in [5.74, 6) is 0.455. The summed E-state index contributed by atoms with van der Waals surface area (Å²) in [7, 11) is 0. The Bertz CT molecular complexity index is 398. The Morgan fingerprint density at radius 2 is 2.25 bits per heavy atom. The number of carbonyl (C=O) groups is 1. The molecule has 1 rings (SSSR count). The monoisotopic (exact) mass is 222 g/mol. The van der Waals surface area contributed by atoms with Gasteiger partial charge in [0, 0.05) is 31.6 Å². The number of ketones is 1. The summed E-state index contributed by atoms with van der Waals surface area (Å²) in [5, 5.41) is 3.99. The Balaban J connectivity index is 2.67. The molecule has 0 fully saturated rings. The van der Waals surface area contributed by atoms with Gasteiger partial charge in [0.2, 0.25) is 0 Å². The Labute approximate surface area is 95.3 Å². The number of Topliss-reactive ketones (excluding diaryl/α,β-unsaturated/α-hetero) is 1. The molecule has 0 aromatic carbocycles. The molecule has 1 aromatic heterocycles. The van der Waals surface area contributed by atoms with Crippen molar-refractivity contribution in [3.63, 3.8) is 0 Å². The summed E-state index contributed by atoms with van der Waals surface area (Å²) in [6.45, 7) is 4.42. The molecule has 88 valence electrons. The third kappa shape index (κ3) is 3.61. The van der Waals surface area contributed by atoms with E-state index in [-0.39, 0.29) is 17.3 Å². The quantitative estimate of drug-likeness (QED) is 0.735. The van der Waals surface area contributed by atoms with Crippen molar-refractivity contribution in [2.45, 2.75) is 39.7 Å². The van der Waals surface area contributed by atoms with Crippen molar-refractivity contribution >= 4 is 5.78 Å². The van der Waals surface area contributed by atoms with Gasteiger partial charge < -0.3 is 0 Å². The Morgan fingerprint density at radius 1 is 1.50 bits per heavy atom. The Morgan fingerprint density at radius 3 is 2.81 bits per heavy atom. The molecule has 1 aromatic rings. The lowest BCUT2D eigenvalue weighted by Gasteiger charge is -2.13. The molecule has 0 aliphatic heterocycles. The van der Waals surface area contributed by atoms with Gasteiger partial charge in [-0.25, -0.2) is 4.68 Å². The van der Waals surface area contributed by atoms with Crippen molar-refractivity contribution < 1.29 is 4.79 Å². The first-order chi connectivity index (χ1) is 7.67. The molecule has 4 heteroatoms. The standard InChI is InChI=1S/C12H18N2O2/c1-3-10(8-11(15)4-2)9-14-12(16)6-5-7-13-14/h5-7,10H,3-4,8-9H2,1-2H3. The number of nitrogens with zero attached hydrogens (tertiary/aromatic N) is 2. The molecule has 0 spiro atoms. The van der Waals surface area contributed by atoms with Crippen LogP contribution in [0.3, 0.4) is 0 Å². The lowest BCUT2D eigenvalue weighted by Crippen LogP contribution is -2.26.